The molecule has 2 aliphatic rings. The predicted octanol–water partition coefficient (Wildman–Crippen LogP) is 4.16. The number of aryl methyl sites for hydroxylation is 3. The van der Waals surface area contributed by atoms with Gasteiger partial charge in [-0.05, 0) is 73.6 Å². The van der Waals surface area contributed by atoms with Crippen LogP contribution in [0.25, 0.3) is 11.0 Å². The van der Waals surface area contributed by atoms with Crippen LogP contribution in [-0.2, 0) is 20.0 Å². The van der Waals surface area contributed by atoms with Crippen molar-refractivity contribution >= 4 is 11.0 Å². The van der Waals surface area contributed by atoms with E-state index in [-0.39, 0.29) is 24.0 Å². The molecule has 2 atom stereocenters. The van der Waals surface area contributed by atoms with Crippen LogP contribution >= 0.6 is 0 Å². The first-order valence-corrected chi connectivity index (χ1v) is 13.3. The van der Waals surface area contributed by atoms with Gasteiger partial charge in [0.2, 0.25) is 0 Å². The number of aromatic nitrogens is 4. The predicted molar refractivity (Wildman–Crippen MR) is 145 cm³/mol. The van der Waals surface area contributed by atoms with Gasteiger partial charge in [0.05, 0.1) is 5.52 Å². The lowest BCUT2D eigenvalue weighted by Crippen LogP contribution is -2.41. The summed E-state index contributed by atoms with van der Waals surface area (Å²) >= 11 is 0. The molecule has 0 saturated heterocycles. The molecule has 1 aliphatic carbocycles. The minimum Gasteiger partial charge on any atom is -0.486 e. The van der Waals surface area contributed by atoms with Crippen LogP contribution in [0.1, 0.15) is 72.0 Å². The lowest BCUT2D eigenvalue weighted by Gasteiger charge is -2.34. The normalized spacial score (nSPS) is 19.7. The van der Waals surface area contributed by atoms with E-state index < -0.39 is 6.29 Å². The van der Waals surface area contributed by atoms with Gasteiger partial charge in [-0.1, -0.05) is 29.5 Å². The van der Waals surface area contributed by atoms with Gasteiger partial charge in [0.1, 0.15) is 16.9 Å². The van der Waals surface area contributed by atoms with Crippen LogP contribution < -0.4 is 4.74 Å². The lowest BCUT2D eigenvalue weighted by molar-refractivity contribution is -0.0477. The summed E-state index contributed by atoms with van der Waals surface area (Å²) in [7, 11) is 1.88. The van der Waals surface area contributed by atoms with Crippen LogP contribution in [0.2, 0.25) is 0 Å². The molecule has 198 valence electrons. The second-order valence-corrected chi connectivity index (χ2v) is 11.4. The van der Waals surface area contributed by atoms with Crippen molar-refractivity contribution in [3.63, 3.8) is 0 Å². The maximum Gasteiger partial charge on any atom is 0.152 e. The van der Waals surface area contributed by atoms with Gasteiger partial charge in [0.15, 0.2) is 6.29 Å². The summed E-state index contributed by atoms with van der Waals surface area (Å²) < 4.78 is 8.15. The fourth-order valence-electron chi connectivity index (χ4n) is 6.42. The Balaban J connectivity index is 1.39. The maximum atomic E-state index is 10.1. The van der Waals surface area contributed by atoms with E-state index in [9.17, 15) is 10.2 Å². The molecule has 1 aliphatic heterocycles. The van der Waals surface area contributed by atoms with Gasteiger partial charge in [0.25, 0.3) is 0 Å². The molecule has 0 fully saturated rings. The zero-order chi connectivity index (χ0) is 26.6. The molecule has 0 amide bonds. The first-order valence-electron chi connectivity index (χ1n) is 13.3. The highest BCUT2D eigenvalue weighted by Crippen LogP contribution is 2.43. The van der Waals surface area contributed by atoms with Crippen molar-refractivity contribution in [2.24, 2.45) is 7.05 Å². The molecule has 8 heteroatoms. The highest BCUT2D eigenvalue weighted by molar-refractivity contribution is 5.79. The molecule has 2 unspecified atom stereocenters. The van der Waals surface area contributed by atoms with Gasteiger partial charge >= 0.3 is 0 Å². The second-order valence-electron chi connectivity index (χ2n) is 11.4. The third kappa shape index (κ3) is 4.46. The van der Waals surface area contributed by atoms with Gasteiger partial charge in [-0.15, -0.1) is 5.10 Å². The Labute approximate surface area is 222 Å². The van der Waals surface area contributed by atoms with Crippen molar-refractivity contribution in [1.29, 1.82) is 0 Å². The molecule has 8 nitrogen and oxygen atoms in total. The standard InChI is InChI=1S/C30H35N5O3/c1-18-22(8-10-26-29(18)32-33-34(26)4)23(14-28(36)37)20-6-5-19-7-9-25(24(19)13-20)35-16-21-15-31-12-11-27(21)38-30(2,3)17-35/h5-6,8,10-13,15,23,25,28,36-37H,7,9,14,16-17H2,1-4H3. The molecule has 6 rings (SSSR count). The topological polar surface area (TPSA) is 96.5 Å². The van der Waals surface area contributed by atoms with E-state index in [4.69, 9.17) is 4.74 Å². The Hall–Kier alpha value is -3.33. The fourth-order valence-corrected chi connectivity index (χ4v) is 6.42. The van der Waals surface area contributed by atoms with Gasteiger partial charge in [-0.3, -0.25) is 9.88 Å². The minimum absolute atomic E-state index is 0.179. The molecular weight excluding hydrogens is 478 g/mol. The minimum atomic E-state index is -1.42. The van der Waals surface area contributed by atoms with Crippen molar-refractivity contribution in [3.05, 3.63) is 82.2 Å². The van der Waals surface area contributed by atoms with Crippen LogP contribution in [0.4, 0.5) is 0 Å². The zero-order valence-corrected chi connectivity index (χ0v) is 22.4. The number of ether oxygens (including phenoxy) is 1. The monoisotopic (exact) mass is 513 g/mol. The molecule has 38 heavy (non-hydrogen) atoms. The molecular formula is C30H35N5O3. The number of fused-ring (bicyclic) bond motifs is 3. The average Bonchev–Trinajstić information content (AvgIpc) is 3.43. The largest absolute Gasteiger partial charge is 0.486 e. The van der Waals surface area contributed by atoms with E-state index in [1.807, 2.05) is 32.3 Å². The van der Waals surface area contributed by atoms with Crippen LogP contribution in [0.15, 0.2) is 48.8 Å². The van der Waals surface area contributed by atoms with Crippen molar-refractivity contribution in [2.75, 3.05) is 6.54 Å². The molecule has 4 aromatic rings. The highest BCUT2D eigenvalue weighted by Gasteiger charge is 2.36. The summed E-state index contributed by atoms with van der Waals surface area (Å²) in [5.41, 5.74) is 8.42. The van der Waals surface area contributed by atoms with Crippen molar-refractivity contribution in [1.82, 2.24) is 24.9 Å². The Morgan fingerprint density at radius 1 is 1.13 bits per heavy atom. The lowest BCUT2D eigenvalue weighted by atomic mass is 9.84. The zero-order valence-electron chi connectivity index (χ0n) is 22.4. The summed E-state index contributed by atoms with van der Waals surface area (Å²) in [5.74, 6) is 0.730. The summed E-state index contributed by atoms with van der Waals surface area (Å²) in [5, 5.41) is 28.7. The molecule has 0 spiro atoms. The molecule has 3 heterocycles. The van der Waals surface area contributed by atoms with Crippen LogP contribution in [0.3, 0.4) is 0 Å². The van der Waals surface area contributed by atoms with E-state index in [1.54, 1.807) is 10.9 Å². The van der Waals surface area contributed by atoms with E-state index in [1.165, 1.54) is 11.1 Å². The summed E-state index contributed by atoms with van der Waals surface area (Å²) in [6, 6.07) is 13.0. The van der Waals surface area contributed by atoms with Crippen LogP contribution in [0.5, 0.6) is 5.75 Å². The smallest absolute Gasteiger partial charge is 0.152 e. The third-order valence-corrected chi connectivity index (χ3v) is 8.16. The van der Waals surface area contributed by atoms with Crippen molar-refractivity contribution < 1.29 is 14.9 Å². The summed E-state index contributed by atoms with van der Waals surface area (Å²) in [4.78, 5) is 6.88. The van der Waals surface area contributed by atoms with E-state index in [0.29, 0.717) is 0 Å². The Morgan fingerprint density at radius 3 is 2.79 bits per heavy atom. The SMILES string of the molecule is Cc1c(C(CC(O)O)c2ccc3c(c2)C(N2Cc4cnccc4OC(C)(C)C2)CC3)ccc2c1nnn2C. The Bertz CT molecular complexity index is 1490. The fraction of sp³-hybridized carbons (Fsp3) is 0.433. The van der Waals surface area contributed by atoms with Gasteiger partial charge in [-0.2, -0.15) is 0 Å². The van der Waals surface area contributed by atoms with E-state index >= 15 is 0 Å². The van der Waals surface area contributed by atoms with Crippen LogP contribution in [0, 0.1) is 6.92 Å². The van der Waals surface area contributed by atoms with Gasteiger partial charge in [0, 0.05) is 56.5 Å². The Morgan fingerprint density at radius 2 is 1.97 bits per heavy atom. The molecule has 0 saturated carbocycles. The Kier molecular flexibility index (Phi) is 6.21. The first-order chi connectivity index (χ1) is 18.2. The van der Waals surface area contributed by atoms with E-state index in [0.717, 1.165) is 65.0 Å². The number of hydrogen-bond donors (Lipinski definition) is 2. The number of aliphatic hydroxyl groups is 2. The third-order valence-electron chi connectivity index (χ3n) is 8.16. The van der Waals surface area contributed by atoms with Crippen molar-refractivity contribution in [2.45, 2.75) is 70.4 Å². The molecule has 2 aromatic carbocycles. The van der Waals surface area contributed by atoms with Gasteiger partial charge in [-0.25, -0.2) is 4.68 Å². The number of pyridine rings is 1. The number of hydrogen-bond acceptors (Lipinski definition) is 7. The quantitative estimate of drug-likeness (QED) is 0.387. The highest BCUT2D eigenvalue weighted by atomic mass is 16.5. The number of aliphatic hydroxyl groups excluding tert-OH is 1. The summed E-state index contributed by atoms with van der Waals surface area (Å²) in [6.45, 7) is 7.92. The van der Waals surface area contributed by atoms with Gasteiger partial charge < -0.3 is 14.9 Å². The summed E-state index contributed by atoms with van der Waals surface area (Å²) in [6.07, 6.45) is 4.56. The number of benzene rings is 2. The maximum absolute atomic E-state index is 10.1. The number of rotatable bonds is 5. The molecule has 2 aromatic heterocycles. The van der Waals surface area contributed by atoms with Crippen molar-refractivity contribution in [3.8, 4) is 5.75 Å². The number of nitrogens with zero attached hydrogens (tertiary/aromatic N) is 5. The second kappa shape index (κ2) is 9.45. The molecule has 2 N–H and O–H groups in total. The molecule has 0 bridgehead atoms. The first kappa shape index (κ1) is 25.0. The average molecular weight is 514 g/mol. The molecule has 0 radical (unpaired) electrons. The van der Waals surface area contributed by atoms with E-state index in [2.05, 4.69) is 58.3 Å². The van der Waals surface area contributed by atoms with Crippen LogP contribution in [-0.4, -0.2) is 53.5 Å².